The predicted molar refractivity (Wildman–Crippen MR) is 75.8 cm³/mol. The van der Waals surface area contributed by atoms with Gasteiger partial charge >= 0.3 is 5.97 Å². The van der Waals surface area contributed by atoms with Crippen molar-refractivity contribution in [3.05, 3.63) is 29.8 Å². The van der Waals surface area contributed by atoms with E-state index >= 15 is 0 Å². The molecular formula is C15H23NO3. The summed E-state index contributed by atoms with van der Waals surface area (Å²) in [5.41, 5.74) is 0.394. The normalized spacial score (nSPS) is 13.1. The minimum Gasteiger partial charge on any atom is -0.491 e. The Bertz CT molecular complexity index is 424. The largest absolute Gasteiger partial charge is 0.491 e. The van der Waals surface area contributed by atoms with E-state index in [0.717, 1.165) is 0 Å². The lowest BCUT2D eigenvalue weighted by Gasteiger charge is -2.28. The Hall–Kier alpha value is -1.55. The zero-order chi connectivity index (χ0) is 14.5. The summed E-state index contributed by atoms with van der Waals surface area (Å²) >= 11 is 0. The van der Waals surface area contributed by atoms with Gasteiger partial charge in [0.25, 0.3) is 0 Å². The summed E-state index contributed by atoms with van der Waals surface area (Å²) in [6, 6.07) is 7.05. The number of hydrogen-bond acceptors (Lipinski definition) is 3. The number of aromatic carboxylic acids is 1. The lowest BCUT2D eigenvalue weighted by Crippen LogP contribution is -2.39. The van der Waals surface area contributed by atoms with E-state index in [1.807, 2.05) is 0 Å². The Balaban J connectivity index is 2.44. The lowest BCUT2D eigenvalue weighted by molar-refractivity contribution is 0.0692. The Kier molecular flexibility index (Phi) is 5.36. The SMILES string of the molecule is CC(NCCOc1ccccc1C(=O)O)C(C)(C)C. The highest BCUT2D eigenvalue weighted by atomic mass is 16.5. The third-order valence-corrected chi connectivity index (χ3v) is 3.23. The molecule has 0 heterocycles. The van der Waals surface area contributed by atoms with Crippen molar-refractivity contribution in [1.29, 1.82) is 0 Å². The molecule has 1 aromatic carbocycles. The summed E-state index contributed by atoms with van der Waals surface area (Å²) < 4.78 is 5.52. The van der Waals surface area contributed by atoms with Crippen LogP contribution >= 0.6 is 0 Å². The fourth-order valence-corrected chi connectivity index (χ4v) is 1.51. The van der Waals surface area contributed by atoms with Gasteiger partial charge in [0, 0.05) is 12.6 Å². The van der Waals surface area contributed by atoms with Crippen molar-refractivity contribution in [3.63, 3.8) is 0 Å². The highest BCUT2D eigenvalue weighted by Gasteiger charge is 2.18. The molecule has 0 fully saturated rings. The van der Waals surface area contributed by atoms with Gasteiger partial charge in [-0.05, 0) is 24.5 Å². The maximum absolute atomic E-state index is 11.0. The fraction of sp³-hybridized carbons (Fsp3) is 0.533. The van der Waals surface area contributed by atoms with Crippen molar-refractivity contribution in [3.8, 4) is 5.75 Å². The predicted octanol–water partition coefficient (Wildman–Crippen LogP) is 2.79. The summed E-state index contributed by atoms with van der Waals surface area (Å²) in [6.45, 7) is 9.78. The molecule has 0 amide bonds. The molecule has 0 bridgehead atoms. The molecule has 0 aliphatic carbocycles. The first-order valence-corrected chi connectivity index (χ1v) is 6.51. The molecule has 4 heteroatoms. The quantitative estimate of drug-likeness (QED) is 0.776. The first-order valence-electron chi connectivity index (χ1n) is 6.51. The lowest BCUT2D eigenvalue weighted by atomic mass is 9.88. The van der Waals surface area contributed by atoms with Crippen molar-refractivity contribution in [2.45, 2.75) is 33.7 Å². The van der Waals surface area contributed by atoms with Gasteiger partial charge in [0.1, 0.15) is 17.9 Å². The van der Waals surface area contributed by atoms with E-state index in [1.54, 1.807) is 24.3 Å². The number of benzene rings is 1. The smallest absolute Gasteiger partial charge is 0.339 e. The number of carboxylic acids is 1. The molecule has 0 saturated heterocycles. The molecule has 1 rings (SSSR count). The van der Waals surface area contributed by atoms with Crippen LogP contribution in [-0.2, 0) is 0 Å². The molecule has 1 unspecified atom stereocenters. The molecule has 0 saturated carbocycles. The van der Waals surface area contributed by atoms with E-state index in [-0.39, 0.29) is 11.0 Å². The molecule has 4 nitrogen and oxygen atoms in total. The highest BCUT2D eigenvalue weighted by Crippen LogP contribution is 2.19. The highest BCUT2D eigenvalue weighted by molar-refractivity contribution is 5.90. The van der Waals surface area contributed by atoms with Crippen LogP contribution < -0.4 is 10.1 Å². The summed E-state index contributed by atoms with van der Waals surface area (Å²) in [7, 11) is 0. The van der Waals surface area contributed by atoms with Crippen LogP contribution in [0.5, 0.6) is 5.75 Å². The zero-order valence-electron chi connectivity index (χ0n) is 12.1. The van der Waals surface area contributed by atoms with Gasteiger partial charge in [-0.15, -0.1) is 0 Å². The molecule has 0 aliphatic heterocycles. The van der Waals surface area contributed by atoms with Gasteiger partial charge in [0.15, 0.2) is 0 Å². The first-order chi connectivity index (χ1) is 8.82. The standard InChI is InChI=1S/C15H23NO3/c1-11(15(2,3)4)16-9-10-19-13-8-6-5-7-12(13)14(17)18/h5-8,11,16H,9-10H2,1-4H3,(H,17,18). The average molecular weight is 265 g/mol. The van der Waals surface area contributed by atoms with Crippen molar-refractivity contribution in [1.82, 2.24) is 5.32 Å². The number of para-hydroxylation sites is 1. The maximum atomic E-state index is 11.0. The fourth-order valence-electron chi connectivity index (χ4n) is 1.51. The van der Waals surface area contributed by atoms with E-state index in [9.17, 15) is 4.79 Å². The maximum Gasteiger partial charge on any atom is 0.339 e. The summed E-state index contributed by atoms with van der Waals surface area (Å²) in [5, 5.41) is 12.4. The number of rotatable bonds is 6. The molecule has 0 aliphatic rings. The second-order valence-electron chi connectivity index (χ2n) is 5.69. The molecule has 1 atom stereocenters. The third kappa shape index (κ3) is 4.91. The Morgan fingerprint density at radius 2 is 2.00 bits per heavy atom. The average Bonchev–Trinajstić information content (AvgIpc) is 2.33. The number of hydrogen-bond donors (Lipinski definition) is 2. The van der Waals surface area contributed by atoms with Crippen molar-refractivity contribution in [2.75, 3.05) is 13.2 Å². The van der Waals surface area contributed by atoms with Crippen LogP contribution in [0.1, 0.15) is 38.1 Å². The molecule has 106 valence electrons. The van der Waals surface area contributed by atoms with Gasteiger partial charge in [0.05, 0.1) is 0 Å². The second kappa shape index (κ2) is 6.57. The van der Waals surface area contributed by atoms with E-state index in [1.165, 1.54) is 0 Å². The Labute approximate surface area is 114 Å². The van der Waals surface area contributed by atoms with Gasteiger partial charge in [-0.3, -0.25) is 0 Å². The summed E-state index contributed by atoms with van der Waals surface area (Å²) in [6.07, 6.45) is 0. The van der Waals surface area contributed by atoms with Crippen LogP contribution in [0.4, 0.5) is 0 Å². The van der Waals surface area contributed by atoms with Gasteiger partial charge < -0.3 is 15.2 Å². The Morgan fingerprint density at radius 3 is 2.58 bits per heavy atom. The first kappa shape index (κ1) is 15.5. The molecule has 2 N–H and O–H groups in total. The van der Waals surface area contributed by atoms with Crippen LogP contribution in [0.2, 0.25) is 0 Å². The van der Waals surface area contributed by atoms with Crippen LogP contribution in [-0.4, -0.2) is 30.3 Å². The number of nitrogens with one attached hydrogen (secondary N) is 1. The number of ether oxygens (including phenoxy) is 1. The monoisotopic (exact) mass is 265 g/mol. The summed E-state index contributed by atoms with van der Waals surface area (Å²) in [4.78, 5) is 11.0. The molecule has 19 heavy (non-hydrogen) atoms. The topological polar surface area (TPSA) is 58.6 Å². The van der Waals surface area contributed by atoms with Gasteiger partial charge in [0.2, 0.25) is 0 Å². The number of carboxylic acid groups (broad SMARTS) is 1. The minimum absolute atomic E-state index is 0.193. The molecule has 0 radical (unpaired) electrons. The molecule has 0 aromatic heterocycles. The minimum atomic E-state index is -0.966. The van der Waals surface area contributed by atoms with Crippen LogP contribution in [0.15, 0.2) is 24.3 Å². The second-order valence-corrected chi connectivity index (χ2v) is 5.69. The third-order valence-electron chi connectivity index (χ3n) is 3.23. The van der Waals surface area contributed by atoms with Crippen molar-refractivity contribution < 1.29 is 14.6 Å². The van der Waals surface area contributed by atoms with Crippen LogP contribution in [0.25, 0.3) is 0 Å². The Morgan fingerprint density at radius 1 is 1.37 bits per heavy atom. The van der Waals surface area contributed by atoms with Crippen LogP contribution in [0, 0.1) is 5.41 Å². The van der Waals surface area contributed by atoms with E-state index in [4.69, 9.17) is 9.84 Å². The molecule has 0 spiro atoms. The van der Waals surface area contributed by atoms with Crippen molar-refractivity contribution >= 4 is 5.97 Å². The zero-order valence-corrected chi connectivity index (χ0v) is 12.1. The van der Waals surface area contributed by atoms with E-state index in [2.05, 4.69) is 33.0 Å². The van der Waals surface area contributed by atoms with Gasteiger partial charge in [-0.1, -0.05) is 32.9 Å². The van der Waals surface area contributed by atoms with Crippen molar-refractivity contribution in [2.24, 2.45) is 5.41 Å². The molecular weight excluding hydrogens is 242 g/mol. The van der Waals surface area contributed by atoms with Gasteiger partial charge in [-0.25, -0.2) is 4.79 Å². The van der Waals surface area contributed by atoms with Crippen LogP contribution in [0.3, 0.4) is 0 Å². The summed E-state index contributed by atoms with van der Waals surface area (Å²) in [5.74, 6) is -0.549. The molecule has 1 aromatic rings. The van der Waals surface area contributed by atoms with E-state index in [0.29, 0.717) is 24.9 Å². The van der Waals surface area contributed by atoms with E-state index < -0.39 is 5.97 Å². The number of carbonyl (C=O) groups is 1. The van der Waals surface area contributed by atoms with Gasteiger partial charge in [-0.2, -0.15) is 0 Å².